The van der Waals surface area contributed by atoms with Crippen LogP contribution >= 0.6 is 24.0 Å². The van der Waals surface area contributed by atoms with Gasteiger partial charge in [0.2, 0.25) is 0 Å². The highest BCUT2D eigenvalue weighted by atomic mass is 127. The minimum atomic E-state index is 0. The molecular formula is C14H24IN5. The zero-order valence-electron chi connectivity index (χ0n) is 12.4. The van der Waals surface area contributed by atoms with Gasteiger partial charge in [0.15, 0.2) is 5.96 Å². The van der Waals surface area contributed by atoms with Crippen LogP contribution in [0.3, 0.4) is 0 Å². The number of guanidine groups is 1. The summed E-state index contributed by atoms with van der Waals surface area (Å²) in [6.45, 7) is 4.42. The Labute approximate surface area is 137 Å². The van der Waals surface area contributed by atoms with Gasteiger partial charge in [0.05, 0.1) is 6.20 Å². The van der Waals surface area contributed by atoms with Crippen molar-refractivity contribution in [2.24, 2.45) is 18.0 Å². The van der Waals surface area contributed by atoms with E-state index in [1.165, 1.54) is 18.4 Å². The van der Waals surface area contributed by atoms with E-state index in [1.54, 1.807) is 0 Å². The van der Waals surface area contributed by atoms with Gasteiger partial charge in [0.25, 0.3) is 0 Å². The fourth-order valence-electron chi connectivity index (χ4n) is 2.86. The number of hydrogen-bond acceptors (Lipinski definition) is 2. The van der Waals surface area contributed by atoms with E-state index in [1.807, 2.05) is 25.0 Å². The summed E-state index contributed by atoms with van der Waals surface area (Å²) in [5.41, 5.74) is 1.35. The summed E-state index contributed by atoms with van der Waals surface area (Å²) < 4.78 is 1.89. The predicted octanol–water partition coefficient (Wildman–Crippen LogP) is 1.81. The summed E-state index contributed by atoms with van der Waals surface area (Å²) in [5, 5.41) is 7.84. The third-order valence-electron chi connectivity index (χ3n) is 4.32. The van der Waals surface area contributed by atoms with Crippen molar-refractivity contribution in [1.82, 2.24) is 20.0 Å². The lowest BCUT2D eigenvalue weighted by atomic mass is 10.0. The van der Waals surface area contributed by atoms with Gasteiger partial charge in [0.1, 0.15) is 0 Å². The Morgan fingerprint density at radius 2 is 2.25 bits per heavy atom. The van der Waals surface area contributed by atoms with Gasteiger partial charge >= 0.3 is 0 Å². The molecule has 3 rings (SSSR count). The Hall–Kier alpha value is -0.790. The molecule has 1 N–H and O–H groups in total. The number of hydrogen-bond donors (Lipinski definition) is 1. The summed E-state index contributed by atoms with van der Waals surface area (Å²) in [5.74, 6) is 2.46. The number of nitrogens with one attached hydrogen (secondary N) is 1. The van der Waals surface area contributed by atoms with E-state index >= 15 is 0 Å². The largest absolute Gasteiger partial charge is 0.353 e. The molecule has 2 fully saturated rings. The smallest absolute Gasteiger partial charge is 0.193 e. The SMILES string of the molecule is CN=C(NC1CC1C)N1CCC(c2cnn(C)c2)C1.I. The first-order chi connectivity index (χ1) is 9.17. The molecule has 1 saturated carbocycles. The molecule has 3 unspecified atom stereocenters. The number of nitrogens with zero attached hydrogens (tertiary/aromatic N) is 4. The molecule has 6 heteroatoms. The molecule has 1 aliphatic carbocycles. The number of likely N-dealkylation sites (tertiary alicyclic amines) is 1. The molecule has 1 aliphatic heterocycles. The van der Waals surface area contributed by atoms with E-state index in [9.17, 15) is 0 Å². The van der Waals surface area contributed by atoms with Gasteiger partial charge in [-0.05, 0) is 24.3 Å². The Kier molecular flexibility index (Phi) is 4.93. The van der Waals surface area contributed by atoms with Gasteiger partial charge in [-0.2, -0.15) is 5.10 Å². The normalized spacial score (nSPS) is 29.2. The Bertz CT molecular complexity index is 484. The van der Waals surface area contributed by atoms with Gasteiger partial charge in [-0.1, -0.05) is 6.92 Å². The van der Waals surface area contributed by atoms with Crippen molar-refractivity contribution in [2.75, 3.05) is 20.1 Å². The average molecular weight is 389 g/mol. The molecule has 112 valence electrons. The van der Waals surface area contributed by atoms with Crippen LogP contribution in [-0.2, 0) is 7.05 Å². The molecule has 5 nitrogen and oxygen atoms in total. The monoisotopic (exact) mass is 389 g/mol. The van der Waals surface area contributed by atoms with Gasteiger partial charge in [-0.3, -0.25) is 9.67 Å². The molecule has 1 aromatic rings. The Morgan fingerprint density at radius 1 is 1.50 bits per heavy atom. The molecule has 1 aromatic heterocycles. The van der Waals surface area contributed by atoms with E-state index in [2.05, 4.69) is 33.4 Å². The maximum Gasteiger partial charge on any atom is 0.193 e. The zero-order valence-corrected chi connectivity index (χ0v) is 14.7. The fraction of sp³-hybridized carbons (Fsp3) is 0.714. The zero-order chi connectivity index (χ0) is 13.4. The lowest BCUT2D eigenvalue weighted by Crippen LogP contribution is -2.41. The minimum absolute atomic E-state index is 0. The third-order valence-corrected chi connectivity index (χ3v) is 4.32. The van der Waals surface area contributed by atoms with Crippen LogP contribution < -0.4 is 5.32 Å². The van der Waals surface area contributed by atoms with Crippen molar-refractivity contribution in [3.05, 3.63) is 18.0 Å². The van der Waals surface area contributed by atoms with Crippen LogP contribution in [0.1, 0.15) is 31.2 Å². The maximum atomic E-state index is 4.43. The first-order valence-electron chi connectivity index (χ1n) is 7.14. The number of aliphatic imine (C=N–C) groups is 1. The molecule has 3 atom stereocenters. The van der Waals surface area contributed by atoms with Crippen LogP contribution in [0.2, 0.25) is 0 Å². The van der Waals surface area contributed by atoms with Crippen molar-refractivity contribution in [1.29, 1.82) is 0 Å². The topological polar surface area (TPSA) is 45.5 Å². The molecule has 1 saturated heterocycles. The number of aromatic nitrogens is 2. The molecule has 2 heterocycles. The Morgan fingerprint density at radius 3 is 2.80 bits per heavy atom. The van der Waals surface area contributed by atoms with Crippen LogP contribution in [0.15, 0.2) is 17.4 Å². The predicted molar refractivity (Wildman–Crippen MR) is 91.6 cm³/mol. The van der Waals surface area contributed by atoms with Crippen LogP contribution in [0.5, 0.6) is 0 Å². The van der Waals surface area contributed by atoms with Crippen molar-refractivity contribution >= 4 is 29.9 Å². The van der Waals surface area contributed by atoms with Crippen LogP contribution in [0, 0.1) is 5.92 Å². The average Bonchev–Trinajstić information content (AvgIpc) is 2.85. The molecule has 0 radical (unpaired) electrons. The lowest BCUT2D eigenvalue weighted by molar-refractivity contribution is 0.483. The standard InChI is InChI=1S/C14H23N5.HI/c1-10-6-13(10)17-14(15-2)19-5-4-11(9-19)12-7-16-18(3)8-12;/h7-8,10-11,13H,4-6,9H2,1-3H3,(H,15,17);1H. The molecule has 2 aliphatic rings. The number of halogens is 1. The second-order valence-corrected chi connectivity index (χ2v) is 5.89. The minimum Gasteiger partial charge on any atom is -0.353 e. The van der Waals surface area contributed by atoms with Gasteiger partial charge in [-0.15, -0.1) is 24.0 Å². The fourth-order valence-corrected chi connectivity index (χ4v) is 2.86. The number of aryl methyl sites for hydroxylation is 1. The van der Waals surface area contributed by atoms with Crippen LogP contribution in [0.4, 0.5) is 0 Å². The summed E-state index contributed by atoms with van der Waals surface area (Å²) in [4.78, 5) is 6.81. The number of rotatable bonds is 2. The molecule has 0 spiro atoms. The molecule has 0 bridgehead atoms. The maximum absolute atomic E-state index is 4.43. The Balaban J connectivity index is 0.00000147. The first kappa shape index (κ1) is 15.6. The van der Waals surface area contributed by atoms with Gasteiger partial charge in [0, 0.05) is 45.3 Å². The summed E-state index contributed by atoms with van der Waals surface area (Å²) in [6.07, 6.45) is 6.59. The highest BCUT2D eigenvalue weighted by molar-refractivity contribution is 14.0. The van der Waals surface area contributed by atoms with E-state index < -0.39 is 0 Å². The van der Waals surface area contributed by atoms with Crippen molar-refractivity contribution in [2.45, 2.75) is 31.7 Å². The molecule has 0 amide bonds. The van der Waals surface area contributed by atoms with E-state index in [0.717, 1.165) is 25.0 Å². The quantitative estimate of drug-likeness (QED) is 0.477. The van der Waals surface area contributed by atoms with Crippen LogP contribution in [-0.4, -0.2) is 46.8 Å². The van der Waals surface area contributed by atoms with E-state index in [4.69, 9.17) is 0 Å². The lowest BCUT2D eigenvalue weighted by Gasteiger charge is -2.21. The summed E-state index contributed by atoms with van der Waals surface area (Å²) >= 11 is 0. The van der Waals surface area contributed by atoms with Gasteiger partial charge < -0.3 is 10.2 Å². The van der Waals surface area contributed by atoms with Crippen molar-refractivity contribution < 1.29 is 0 Å². The second kappa shape index (κ2) is 6.32. The van der Waals surface area contributed by atoms with Crippen molar-refractivity contribution in [3.63, 3.8) is 0 Å². The van der Waals surface area contributed by atoms with Crippen molar-refractivity contribution in [3.8, 4) is 0 Å². The summed E-state index contributed by atoms with van der Waals surface area (Å²) in [7, 11) is 3.86. The van der Waals surface area contributed by atoms with E-state index in [0.29, 0.717) is 12.0 Å². The van der Waals surface area contributed by atoms with Gasteiger partial charge in [-0.25, -0.2) is 0 Å². The third kappa shape index (κ3) is 3.27. The van der Waals surface area contributed by atoms with Crippen LogP contribution in [0.25, 0.3) is 0 Å². The molecular weight excluding hydrogens is 365 g/mol. The second-order valence-electron chi connectivity index (χ2n) is 5.89. The van der Waals surface area contributed by atoms with E-state index in [-0.39, 0.29) is 24.0 Å². The highest BCUT2D eigenvalue weighted by Crippen LogP contribution is 2.30. The molecule has 20 heavy (non-hydrogen) atoms. The molecule has 0 aromatic carbocycles. The first-order valence-corrected chi connectivity index (χ1v) is 7.14. The summed E-state index contributed by atoms with van der Waals surface area (Å²) in [6, 6.07) is 0.635. The highest BCUT2D eigenvalue weighted by Gasteiger charge is 2.35.